The van der Waals surface area contributed by atoms with E-state index in [1.165, 1.54) is 0 Å². The molecule has 0 spiro atoms. The molecule has 1 saturated heterocycles. The molecule has 2 nitrogen and oxygen atoms in total. The molecule has 1 aromatic rings. The Kier molecular flexibility index (Phi) is 5.45. The Bertz CT molecular complexity index is 562. The van der Waals surface area contributed by atoms with Crippen molar-refractivity contribution < 1.29 is 26.3 Å². The third kappa shape index (κ3) is 4.88. The maximum Gasteiger partial charge on any atom is 0.416 e. The van der Waals surface area contributed by atoms with Gasteiger partial charge in [0.15, 0.2) is 0 Å². The zero-order valence-electron chi connectivity index (χ0n) is 14.4. The van der Waals surface area contributed by atoms with Crippen molar-refractivity contribution in [1.29, 1.82) is 0 Å². The van der Waals surface area contributed by atoms with E-state index in [0.29, 0.717) is 26.2 Å². The first-order valence-electron chi connectivity index (χ1n) is 8.04. The lowest BCUT2D eigenvalue weighted by molar-refractivity contribution is -0.143. The van der Waals surface area contributed by atoms with Gasteiger partial charge >= 0.3 is 12.4 Å². The lowest BCUT2D eigenvalue weighted by atomic mass is 9.80. The molecule has 0 unspecified atom stereocenters. The number of halogens is 6. The molecule has 0 radical (unpaired) electrons. The van der Waals surface area contributed by atoms with Crippen molar-refractivity contribution in [3.05, 3.63) is 34.9 Å². The fourth-order valence-electron chi connectivity index (χ4n) is 3.34. The summed E-state index contributed by atoms with van der Waals surface area (Å²) in [5, 5.41) is 3.14. The van der Waals surface area contributed by atoms with Crippen LogP contribution in [0.3, 0.4) is 0 Å². The van der Waals surface area contributed by atoms with E-state index in [1.807, 2.05) is 25.7 Å². The van der Waals surface area contributed by atoms with Gasteiger partial charge in [0.25, 0.3) is 0 Å². The third-order valence-corrected chi connectivity index (χ3v) is 4.26. The molecule has 0 aliphatic carbocycles. The van der Waals surface area contributed by atoms with Crippen molar-refractivity contribution in [2.75, 3.05) is 26.2 Å². The van der Waals surface area contributed by atoms with Crippen LogP contribution < -0.4 is 5.32 Å². The second-order valence-corrected chi connectivity index (χ2v) is 7.39. The number of benzene rings is 1. The van der Waals surface area contributed by atoms with Crippen LogP contribution in [0.1, 0.15) is 43.5 Å². The summed E-state index contributed by atoms with van der Waals surface area (Å²) in [4.78, 5) is 1.95. The first-order chi connectivity index (χ1) is 11.3. The van der Waals surface area contributed by atoms with Crippen molar-refractivity contribution in [2.45, 2.75) is 39.2 Å². The lowest BCUT2D eigenvalue weighted by Gasteiger charge is -2.43. The summed E-state index contributed by atoms with van der Waals surface area (Å²) in [6.45, 7) is 7.92. The van der Waals surface area contributed by atoms with Gasteiger partial charge in [0.05, 0.1) is 11.1 Å². The van der Waals surface area contributed by atoms with Gasteiger partial charge in [-0.05, 0) is 29.2 Å². The van der Waals surface area contributed by atoms with E-state index in [0.717, 1.165) is 12.1 Å². The van der Waals surface area contributed by atoms with Gasteiger partial charge in [-0.15, -0.1) is 0 Å². The van der Waals surface area contributed by atoms with Gasteiger partial charge in [-0.3, -0.25) is 4.90 Å². The second kappa shape index (κ2) is 6.79. The topological polar surface area (TPSA) is 15.3 Å². The quantitative estimate of drug-likeness (QED) is 0.760. The van der Waals surface area contributed by atoms with Gasteiger partial charge in [0, 0.05) is 32.2 Å². The van der Waals surface area contributed by atoms with Gasteiger partial charge in [0.1, 0.15) is 0 Å². The van der Waals surface area contributed by atoms with Crippen molar-refractivity contribution in [1.82, 2.24) is 10.2 Å². The molecule has 1 atom stereocenters. The Hall–Kier alpha value is -1.28. The SMILES string of the molecule is CC(C)(C)[C@@H](c1cc(C(F)(F)F)cc(C(F)(F)F)c1)N1CCNCC1. The van der Waals surface area contributed by atoms with Crippen LogP contribution in [0.25, 0.3) is 0 Å². The van der Waals surface area contributed by atoms with Gasteiger partial charge in [0.2, 0.25) is 0 Å². The minimum Gasteiger partial charge on any atom is -0.314 e. The van der Waals surface area contributed by atoms with E-state index in [2.05, 4.69) is 5.32 Å². The zero-order chi connectivity index (χ0) is 19.0. The molecule has 2 rings (SSSR count). The summed E-state index contributed by atoms with van der Waals surface area (Å²) in [5.74, 6) is 0. The van der Waals surface area contributed by atoms with E-state index in [4.69, 9.17) is 0 Å². The maximum atomic E-state index is 13.1. The highest BCUT2D eigenvalue weighted by Gasteiger charge is 2.40. The van der Waals surface area contributed by atoms with E-state index in [1.54, 1.807) is 0 Å². The monoisotopic (exact) mass is 368 g/mol. The fourth-order valence-corrected chi connectivity index (χ4v) is 3.34. The highest BCUT2D eigenvalue weighted by Crippen LogP contribution is 2.43. The third-order valence-electron chi connectivity index (χ3n) is 4.26. The summed E-state index contributed by atoms with van der Waals surface area (Å²) < 4.78 is 78.9. The van der Waals surface area contributed by atoms with Gasteiger partial charge in [-0.2, -0.15) is 26.3 Å². The van der Waals surface area contributed by atoms with Crippen LogP contribution >= 0.6 is 0 Å². The number of alkyl halides is 6. The number of nitrogens with one attached hydrogen (secondary N) is 1. The summed E-state index contributed by atoms with van der Waals surface area (Å²) in [6.07, 6.45) is -9.66. The summed E-state index contributed by atoms with van der Waals surface area (Å²) >= 11 is 0. The van der Waals surface area contributed by atoms with E-state index >= 15 is 0 Å². The smallest absolute Gasteiger partial charge is 0.314 e. The number of piperazine rings is 1. The molecule has 1 aliphatic heterocycles. The molecule has 1 aromatic carbocycles. The Morgan fingerprint density at radius 2 is 1.28 bits per heavy atom. The molecule has 1 aliphatic rings. The molecular weight excluding hydrogens is 346 g/mol. The fraction of sp³-hybridized carbons (Fsp3) is 0.647. The first-order valence-corrected chi connectivity index (χ1v) is 8.04. The average molecular weight is 368 g/mol. The molecule has 1 heterocycles. The largest absolute Gasteiger partial charge is 0.416 e. The Morgan fingerprint density at radius 1 is 0.840 bits per heavy atom. The maximum absolute atomic E-state index is 13.1. The summed E-state index contributed by atoms with van der Waals surface area (Å²) in [6, 6.07) is 1.35. The molecule has 1 N–H and O–H groups in total. The predicted molar refractivity (Wildman–Crippen MR) is 83.1 cm³/mol. The summed E-state index contributed by atoms with van der Waals surface area (Å²) in [7, 11) is 0. The predicted octanol–water partition coefficient (Wildman–Crippen LogP) is 4.72. The molecule has 0 bridgehead atoms. The molecule has 1 fully saturated rings. The molecule has 0 aromatic heterocycles. The molecule has 0 amide bonds. The zero-order valence-corrected chi connectivity index (χ0v) is 14.4. The Balaban J connectivity index is 2.59. The number of nitrogens with zero attached hydrogens (tertiary/aromatic N) is 1. The highest BCUT2D eigenvalue weighted by molar-refractivity contribution is 5.36. The van der Waals surface area contributed by atoms with Crippen LogP contribution in [0.2, 0.25) is 0 Å². The van der Waals surface area contributed by atoms with Crippen LogP contribution in [-0.4, -0.2) is 31.1 Å². The van der Waals surface area contributed by atoms with Crippen molar-refractivity contribution in [2.24, 2.45) is 5.41 Å². The normalized spacial score (nSPS) is 19.1. The number of hydrogen-bond acceptors (Lipinski definition) is 2. The van der Waals surface area contributed by atoms with Crippen molar-refractivity contribution in [3.63, 3.8) is 0 Å². The van der Waals surface area contributed by atoms with E-state index < -0.39 is 34.9 Å². The molecular formula is C17H22F6N2. The number of rotatable bonds is 2. The van der Waals surface area contributed by atoms with Crippen molar-refractivity contribution in [3.8, 4) is 0 Å². The average Bonchev–Trinajstić information content (AvgIpc) is 2.45. The Labute approximate surface area is 143 Å². The van der Waals surface area contributed by atoms with Crippen LogP contribution in [0, 0.1) is 5.41 Å². The number of hydrogen-bond donors (Lipinski definition) is 1. The molecule has 0 saturated carbocycles. The highest BCUT2D eigenvalue weighted by atomic mass is 19.4. The first kappa shape index (κ1) is 20.0. The van der Waals surface area contributed by atoms with Gasteiger partial charge in [-0.25, -0.2) is 0 Å². The minimum atomic E-state index is -4.83. The second-order valence-electron chi connectivity index (χ2n) is 7.39. The van der Waals surface area contributed by atoms with Crippen LogP contribution in [0.4, 0.5) is 26.3 Å². The molecule has 142 valence electrons. The van der Waals surface area contributed by atoms with Crippen molar-refractivity contribution >= 4 is 0 Å². The summed E-state index contributed by atoms with van der Waals surface area (Å²) in [5.41, 5.74) is -3.00. The minimum absolute atomic E-state index is 0.0524. The molecule has 25 heavy (non-hydrogen) atoms. The Morgan fingerprint density at radius 3 is 1.64 bits per heavy atom. The van der Waals surface area contributed by atoms with Crippen LogP contribution in [0.5, 0.6) is 0 Å². The van der Waals surface area contributed by atoms with E-state index in [9.17, 15) is 26.3 Å². The van der Waals surface area contributed by atoms with Crippen LogP contribution in [0.15, 0.2) is 18.2 Å². The lowest BCUT2D eigenvalue weighted by Crippen LogP contribution is -2.48. The van der Waals surface area contributed by atoms with Crippen LogP contribution in [-0.2, 0) is 12.4 Å². The van der Waals surface area contributed by atoms with E-state index in [-0.39, 0.29) is 11.6 Å². The molecule has 8 heteroatoms. The standard InChI is InChI=1S/C17H22F6N2/c1-15(2,3)14(25-6-4-24-5-7-25)11-8-12(16(18,19)20)10-13(9-11)17(21,22)23/h8-10,14,24H,4-7H2,1-3H3/t14-/m1/s1. The van der Waals surface area contributed by atoms with Gasteiger partial charge < -0.3 is 5.32 Å². The van der Waals surface area contributed by atoms with Gasteiger partial charge in [-0.1, -0.05) is 20.8 Å².